The second kappa shape index (κ2) is 5.89. The fourth-order valence-electron chi connectivity index (χ4n) is 2.16. The highest BCUT2D eigenvalue weighted by Crippen LogP contribution is 2.36. The Morgan fingerprint density at radius 1 is 0.864 bits per heavy atom. The Morgan fingerprint density at radius 2 is 1.64 bits per heavy atom. The summed E-state index contributed by atoms with van der Waals surface area (Å²) in [5, 5.41) is 0.836. The van der Waals surface area contributed by atoms with Crippen molar-refractivity contribution in [2.24, 2.45) is 0 Å². The summed E-state index contributed by atoms with van der Waals surface area (Å²) in [6, 6.07) is 9.27. The molecule has 0 unspecified atom stereocenters. The molecule has 0 aliphatic heterocycles. The standard InChI is InChI=1S/C17H16N2O3/c1-11-4-5-17(19-10-11)22-14-6-7-18-13-9-16(21-3)15(20-2)8-12(13)14/h4-10H,1-3H3. The molecule has 22 heavy (non-hydrogen) atoms. The van der Waals surface area contributed by atoms with E-state index in [1.807, 2.05) is 31.2 Å². The number of benzene rings is 1. The van der Waals surface area contributed by atoms with Crippen molar-refractivity contribution in [2.45, 2.75) is 6.92 Å². The lowest BCUT2D eigenvalue weighted by Gasteiger charge is -2.11. The Labute approximate surface area is 128 Å². The number of hydrogen-bond donors (Lipinski definition) is 0. The highest BCUT2D eigenvalue weighted by Gasteiger charge is 2.11. The average Bonchev–Trinajstić information content (AvgIpc) is 2.56. The third-order valence-electron chi connectivity index (χ3n) is 3.31. The maximum absolute atomic E-state index is 5.87. The molecule has 0 amide bonds. The molecule has 112 valence electrons. The van der Waals surface area contributed by atoms with Crippen LogP contribution in [-0.2, 0) is 0 Å². The van der Waals surface area contributed by atoms with Gasteiger partial charge in [0.15, 0.2) is 11.5 Å². The number of methoxy groups -OCH3 is 2. The molecule has 0 bridgehead atoms. The first-order chi connectivity index (χ1) is 10.7. The van der Waals surface area contributed by atoms with Gasteiger partial charge < -0.3 is 14.2 Å². The molecule has 5 heteroatoms. The fraction of sp³-hybridized carbons (Fsp3) is 0.176. The molecule has 1 aromatic carbocycles. The first-order valence-electron chi connectivity index (χ1n) is 6.82. The first-order valence-corrected chi connectivity index (χ1v) is 6.82. The number of aromatic nitrogens is 2. The average molecular weight is 296 g/mol. The van der Waals surface area contributed by atoms with Gasteiger partial charge in [0.25, 0.3) is 0 Å². The number of fused-ring (bicyclic) bond motifs is 1. The van der Waals surface area contributed by atoms with Crippen LogP contribution in [0.1, 0.15) is 5.56 Å². The van der Waals surface area contributed by atoms with Crippen molar-refractivity contribution in [1.29, 1.82) is 0 Å². The van der Waals surface area contributed by atoms with E-state index in [-0.39, 0.29) is 0 Å². The van der Waals surface area contributed by atoms with Crippen LogP contribution in [0.15, 0.2) is 42.7 Å². The molecule has 0 atom stereocenters. The minimum atomic E-state index is 0.535. The van der Waals surface area contributed by atoms with Crippen molar-refractivity contribution >= 4 is 10.9 Å². The summed E-state index contributed by atoms with van der Waals surface area (Å²) in [5.41, 5.74) is 1.85. The summed E-state index contributed by atoms with van der Waals surface area (Å²) in [7, 11) is 3.20. The molecular formula is C17H16N2O3. The number of rotatable bonds is 4. The Hall–Kier alpha value is -2.82. The van der Waals surface area contributed by atoms with E-state index >= 15 is 0 Å². The van der Waals surface area contributed by atoms with Crippen LogP contribution >= 0.6 is 0 Å². The molecule has 0 fully saturated rings. The number of pyridine rings is 2. The Kier molecular flexibility index (Phi) is 3.78. The normalized spacial score (nSPS) is 10.5. The summed E-state index contributed by atoms with van der Waals surface area (Å²) in [6.07, 6.45) is 3.46. The first kappa shape index (κ1) is 14.1. The van der Waals surface area contributed by atoms with E-state index in [2.05, 4.69) is 9.97 Å². The van der Waals surface area contributed by atoms with Gasteiger partial charge in [-0.3, -0.25) is 4.98 Å². The van der Waals surface area contributed by atoms with Crippen LogP contribution < -0.4 is 14.2 Å². The summed E-state index contributed by atoms with van der Waals surface area (Å²) in [4.78, 5) is 8.60. The predicted molar refractivity (Wildman–Crippen MR) is 83.9 cm³/mol. The van der Waals surface area contributed by atoms with E-state index in [0.29, 0.717) is 23.1 Å². The highest BCUT2D eigenvalue weighted by atomic mass is 16.5. The van der Waals surface area contributed by atoms with Crippen LogP contribution in [0.2, 0.25) is 0 Å². The van der Waals surface area contributed by atoms with Crippen molar-refractivity contribution in [1.82, 2.24) is 9.97 Å². The number of nitrogens with zero attached hydrogens (tertiary/aromatic N) is 2. The molecule has 0 radical (unpaired) electrons. The number of aryl methyl sites for hydroxylation is 1. The molecule has 3 aromatic rings. The second-order valence-corrected chi connectivity index (χ2v) is 4.81. The van der Waals surface area contributed by atoms with Gasteiger partial charge in [0.2, 0.25) is 5.88 Å². The van der Waals surface area contributed by atoms with Crippen LogP contribution in [0.25, 0.3) is 10.9 Å². The summed E-state index contributed by atoms with van der Waals surface area (Å²) in [6.45, 7) is 1.98. The van der Waals surface area contributed by atoms with E-state index in [9.17, 15) is 0 Å². The Morgan fingerprint density at radius 3 is 2.32 bits per heavy atom. The molecule has 2 aromatic heterocycles. The van der Waals surface area contributed by atoms with Gasteiger partial charge in [-0.2, -0.15) is 0 Å². The zero-order valence-corrected chi connectivity index (χ0v) is 12.7. The van der Waals surface area contributed by atoms with Crippen LogP contribution in [0, 0.1) is 6.92 Å². The van der Waals surface area contributed by atoms with E-state index in [1.165, 1.54) is 0 Å². The van der Waals surface area contributed by atoms with E-state index in [4.69, 9.17) is 14.2 Å². The van der Waals surface area contributed by atoms with Gasteiger partial charge in [-0.15, -0.1) is 0 Å². The molecule has 0 saturated carbocycles. The molecule has 0 aliphatic rings. The molecule has 0 spiro atoms. The van der Waals surface area contributed by atoms with Crippen molar-refractivity contribution in [3.05, 3.63) is 48.3 Å². The smallest absolute Gasteiger partial charge is 0.219 e. The van der Waals surface area contributed by atoms with Gasteiger partial charge in [-0.1, -0.05) is 6.07 Å². The summed E-state index contributed by atoms with van der Waals surface area (Å²) < 4.78 is 16.5. The van der Waals surface area contributed by atoms with Gasteiger partial charge >= 0.3 is 0 Å². The SMILES string of the molecule is COc1cc2nccc(Oc3ccc(C)cn3)c2cc1OC. The van der Waals surface area contributed by atoms with Gasteiger partial charge in [0, 0.05) is 29.9 Å². The maximum Gasteiger partial charge on any atom is 0.219 e. The molecule has 3 rings (SSSR count). The van der Waals surface area contributed by atoms with Crippen molar-refractivity contribution in [3.63, 3.8) is 0 Å². The van der Waals surface area contributed by atoms with Crippen LogP contribution in [0.3, 0.4) is 0 Å². The Bertz CT molecular complexity index is 801. The lowest BCUT2D eigenvalue weighted by atomic mass is 10.2. The van der Waals surface area contributed by atoms with Crippen LogP contribution in [-0.4, -0.2) is 24.2 Å². The lowest BCUT2D eigenvalue weighted by Crippen LogP contribution is -1.94. The number of hydrogen-bond acceptors (Lipinski definition) is 5. The largest absolute Gasteiger partial charge is 0.493 e. The molecular weight excluding hydrogens is 280 g/mol. The molecule has 0 saturated heterocycles. The van der Waals surface area contributed by atoms with Gasteiger partial charge in [-0.05, 0) is 24.6 Å². The molecule has 0 N–H and O–H groups in total. The number of ether oxygens (including phenoxy) is 3. The van der Waals surface area contributed by atoms with E-state index in [1.54, 1.807) is 32.7 Å². The zero-order chi connectivity index (χ0) is 15.5. The highest BCUT2D eigenvalue weighted by molar-refractivity contribution is 5.88. The van der Waals surface area contributed by atoms with Gasteiger partial charge in [-0.25, -0.2) is 4.98 Å². The summed E-state index contributed by atoms with van der Waals surface area (Å²) in [5.74, 6) is 2.47. The molecule has 0 aliphatic carbocycles. The monoisotopic (exact) mass is 296 g/mol. The third-order valence-corrected chi connectivity index (χ3v) is 3.31. The zero-order valence-electron chi connectivity index (χ0n) is 12.7. The van der Waals surface area contributed by atoms with Crippen LogP contribution in [0.4, 0.5) is 0 Å². The topological polar surface area (TPSA) is 53.5 Å². The van der Waals surface area contributed by atoms with Gasteiger partial charge in [0.05, 0.1) is 19.7 Å². The fourth-order valence-corrected chi connectivity index (χ4v) is 2.16. The minimum absolute atomic E-state index is 0.535. The van der Waals surface area contributed by atoms with Crippen molar-refractivity contribution in [3.8, 4) is 23.1 Å². The Balaban J connectivity index is 2.07. The van der Waals surface area contributed by atoms with Crippen LogP contribution in [0.5, 0.6) is 23.1 Å². The van der Waals surface area contributed by atoms with Crippen molar-refractivity contribution in [2.75, 3.05) is 14.2 Å². The van der Waals surface area contributed by atoms with Gasteiger partial charge in [0.1, 0.15) is 5.75 Å². The molecule has 2 heterocycles. The lowest BCUT2D eigenvalue weighted by molar-refractivity contribution is 0.355. The maximum atomic E-state index is 5.87. The molecule has 5 nitrogen and oxygen atoms in total. The quantitative estimate of drug-likeness (QED) is 0.734. The minimum Gasteiger partial charge on any atom is -0.493 e. The predicted octanol–water partition coefficient (Wildman–Crippen LogP) is 3.75. The second-order valence-electron chi connectivity index (χ2n) is 4.81. The van der Waals surface area contributed by atoms with Crippen molar-refractivity contribution < 1.29 is 14.2 Å². The van der Waals surface area contributed by atoms with E-state index < -0.39 is 0 Å². The third kappa shape index (κ3) is 2.65. The summed E-state index contributed by atoms with van der Waals surface area (Å²) >= 11 is 0. The van der Waals surface area contributed by atoms with E-state index in [0.717, 1.165) is 16.5 Å².